The highest BCUT2D eigenvalue weighted by Gasteiger charge is 2.39. The fourth-order valence-corrected chi connectivity index (χ4v) is 5.94. The van der Waals surface area contributed by atoms with Gasteiger partial charge in [0.05, 0.1) is 25.1 Å². The van der Waals surface area contributed by atoms with E-state index in [1.165, 1.54) is 17.3 Å². The SMILES string of the molecule is CC(C)(C)OC(=O)N1CCN(c2ccc(-c3cc(F)c4c(c3)C(=O)N(C(C=O)c3ncn5c3C[C@@H](F)C5)C4)cc2)CC1. The number of benzene rings is 2. The number of carbonyl (C=O) groups excluding carboxylic acids is 3. The standard InChI is InChI=1S/C31H33F2N5O4/c1-31(2,3)42-30(41)36-10-8-35(9-11-36)22-6-4-19(5-7-22)20-12-23-24(25(33)13-20)16-38(29(23)40)27(17-39)28-26-14-21(32)15-37(26)18-34-28/h4-7,12-13,17-18,21,27H,8-11,14-16H2,1-3H3/t21-,27?/m1/s1. The molecular weight excluding hydrogens is 544 g/mol. The van der Waals surface area contributed by atoms with E-state index >= 15 is 4.39 Å². The van der Waals surface area contributed by atoms with Crippen molar-refractivity contribution in [2.45, 2.75) is 58.1 Å². The molecule has 4 heterocycles. The van der Waals surface area contributed by atoms with E-state index in [0.717, 1.165) is 11.3 Å². The van der Waals surface area contributed by atoms with E-state index in [1.54, 1.807) is 15.5 Å². The van der Waals surface area contributed by atoms with Crippen LogP contribution in [0.5, 0.6) is 0 Å². The number of ether oxygens (including phenoxy) is 1. The molecule has 0 saturated carbocycles. The Hall–Kier alpha value is -4.28. The molecule has 1 aromatic heterocycles. The van der Waals surface area contributed by atoms with E-state index in [-0.39, 0.29) is 36.7 Å². The van der Waals surface area contributed by atoms with Crippen molar-refractivity contribution >= 4 is 24.0 Å². The van der Waals surface area contributed by atoms with Gasteiger partial charge in [-0.25, -0.2) is 18.6 Å². The highest BCUT2D eigenvalue weighted by molar-refractivity contribution is 6.01. The second-order valence-corrected chi connectivity index (χ2v) is 12.0. The third-order valence-electron chi connectivity index (χ3n) is 8.05. The number of amides is 2. The lowest BCUT2D eigenvalue weighted by atomic mass is 9.99. The molecule has 0 radical (unpaired) electrons. The molecule has 0 bridgehead atoms. The van der Waals surface area contributed by atoms with Crippen LogP contribution in [-0.2, 0) is 29.0 Å². The molecule has 1 unspecified atom stereocenters. The molecule has 0 aliphatic carbocycles. The van der Waals surface area contributed by atoms with Gasteiger partial charge in [-0.05, 0) is 56.2 Å². The third-order valence-corrected chi connectivity index (χ3v) is 8.05. The summed E-state index contributed by atoms with van der Waals surface area (Å²) in [7, 11) is 0. The first-order valence-electron chi connectivity index (χ1n) is 14.1. The van der Waals surface area contributed by atoms with Gasteiger partial charge in [0.15, 0.2) is 0 Å². The Morgan fingerprint density at radius 2 is 1.81 bits per heavy atom. The Kier molecular flexibility index (Phi) is 6.98. The van der Waals surface area contributed by atoms with Crippen molar-refractivity contribution in [2.24, 2.45) is 0 Å². The summed E-state index contributed by atoms with van der Waals surface area (Å²) in [6, 6.07) is 9.68. The van der Waals surface area contributed by atoms with Crippen molar-refractivity contribution < 1.29 is 27.9 Å². The maximum atomic E-state index is 15.4. The minimum absolute atomic E-state index is 0.0662. The fourth-order valence-electron chi connectivity index (χ4n) is 5.94. The summed E-state index contributed by atoms with van der Waals surface area (Å²) >= 11 is 0. The minimum atomic E-state index is -1.06. The summed E-state index contributed by atoms with van der Waals surface area (Å²) in [5.74, 6) is -0.983. The lowest BCUT2D eigenvalue weighted by Crippen LogP contribution is -2.50. The molecule has 6 rings (SSSR count). The Bertz CT molecular complexity index is 1540. The summed E-state index contributed by atoms with van der Waals surface area (Å²) in [5, 5.41) is 0. The number of hydrogen-bond donors (Lipinski definition) is 0. The molecule has 3 aliphatic heterocycles. The first-order chi connectivity index (χ1) is 20.0. The highest BCUT2D eigenvalue weighted by Crippen LogP contribution is 2.37. The van der Waals surface area contributed by atoms with E-state index in [9.17, 15) is 18.8 Å². The maximum Gasteiger partial charge on any atom is 0.410 e. The van der Waals surface area contributed by atoms with Crippen LogP contribution in [0.1, 0.15) is 54.1 Å². The van der Waals surface area contributed by atoms with Crippen molar-refractivity contribution in [1.82, 2.24) is 19.4 Å². The minimum Gasteiger partial charge on any atom is -0.444 e. The molecule has 0 spiro atoms. The zero-order valence-corrected chi connectivity index (χ0v) is 23.8. The predicted molar refractivity (Wildman–Crippen MR) is 151 cm³/mol. The molecule has 11 heteroatoms. The number of aromatic nitrogens is 2. The van der Waals surface area contributed by atoms with Gasteiger partial charge in [-0.15, -0.1) is 0 Å². The topological polar surface area (TPSA) is 88.0 Å². The summed E-state index contributed by atoms with van der Waals surface area (Å²) < 4.78 is 36.4. The summed E-state index contributed by atoms with van der Waals surface area (Å²) in [6.07, 6.45) is 0.851. The number of alkyl halides is 1. The molecule has 2 atom stereocenters. The number of nitrogens with zero attached hydrogens (tertiary/aromatic N) is 5. The smallest absolute Gasteiger partial charge is 0.410 e. The number of halogens is 2. The number of fused-ring (bicyclic) bond motifs is 2. The van der Waals surface area contributed by atoms with Gasteiger partial charge in [-0.2, -0.15) is 0 Å². The quantitative estimate of drug-likeness (QED) is 0.414. The van der Waals surface area contributed by atoms with Gasteiger partial charge >= 0.3 is 6.09 Å². The van der Waals surface area contributed by atoms with E-state index < -0.39 is 29.5 Å². The molecule has 1 fully saturated rings. The molecule has 42 heavy (non-hydrogen) atoms. The molecule has 3 aliphatic rings. The highest BCUT2D eigenvalue weighted by atomic mass is 19.1. The van der Waals surface area contributed by atoms with Crippen LogP contribution in [-0.4, -0.2) is 75.6 Å². The van der Waals surface area contributed by atoms with Gasteiger partial charge in [0.25, 0.3) is 5.91 Å². The first-order valence-corrected chi connectivity index (χ1v) is 14.1. The van der Waals surface area contributed by atoms with Crippen LogP contribution in [0, 0.1) is 5.82 Å². The van der Waals surface area contributed by atoms with Crippen LogP contribution in [0.15, 0.2) is 42.7 Å². The molecule has 0 N–H and O–H groups in total. The Balaban J connectivity index is 1.16. The van der Waals surface area contributed by atoms with Crippen molar-refractivity contribution in [3.63, 3.8) is 0 Å². The average molecular weight is 578 g/mol. The van der Waals surface area contributed by atoms with Gasteiger partial charge in [0, 0.05) is 55.1 Å². The average Bonchev–Trinajstić information content (AvgIpc) is 3.62. The number of imidazole rings is 1. The van der Waals surface area contributed by atoms with Crippen LogP contribution < -0.4 is 4.90 Å². The van der Waals surface area contributed by atoms with Gasteiger partial charge in [0.2, 0.25) is 0 Å². The second-order valence-electron chi connectivity index (χ2n) is 12.0. The van der Waals surface area contributed by atoms with Gasteiger partial charge in [-0.3, -0.25) is 4.79 Å². The Labute approximate surface area is 242 Å². The second kappa shape index (κ2) is 10.5. The number of anilines is 1. The number of aldehydes is 1. The molecule has 220 valence electrons. The predicted octanol–water partition coefficient (Wildman–Crippen LogP) is 4.54. The third kappa shape index (κ3) is 5.12. The lowest BCUT2D eigenvalue weighted by Gasteiger charge is -2.36. The van der Waals surface area contributed by atoms with Crippen molar-refractivity contribution in [3.05, 3.63) is 71.1 Å². The summed E-state index contributed by atoms with van der Waals surface area (Å²) in [6.45, 7) is 8.03. The van der Waals surface area contributed by atoms with Crippen LogP contribution >= 0.6 is 0 Å². The number of piperazine rings is 1. The first kappa shape index (κ1) is 27.9. The van der Waals surface area contributed by atoms with Crippen molar-refractivity contribution in [2.75, 3.05) is 31.1 Å². The van der Waals surface area contributed by atoms with Crippen LogP contribution in [0.3, 0.4) is 0 Å². The van der Waals surface area contributed by atoms with Gasteiger partial charge in [-0.1, -0.05) is 12.1 Å². The van der Waals surface area contributed by atoms with Gasteiger partial charge in [0.1, 0.15) is 29.9 Å². The van der Waals surface area contributed by atoms with Crippen molar-refractivity contribution in [3.8, 4) is 11.1 Å². The fraction of sp³-hybridized carbons (Fsp3) is 0.419. The Morgan fingerprint density at radius 3 is 2.48 bits per heavy atom. The molecule has 3 aromatic rings. The number of rotatable bonds is 5. The van der Waals surface area contributed by atoms with Crippen LogP contribution in [0.2, 0.25) is 0 Å². The van der Waals surface area contributed by atoms with Crippen LogP contribution in [0.25, 0.3) is 11.1 Å². The van der Waals surface area contributed by atoms with Crippen LogP contribution in [0.4, 0.5) is 19.3 Å². The summed E-state index contributed by atoms with van der Waals surface area (Å²) in [4.78, 5) is 47.5. The van der Waals surface area contributed by atoms with Gasteiger partial charge < -0.3 is 28.8 Å². The van der Waals surface area contributed by atoms with E-state index in [1.807, 2.05) is 45.0 Å². The maximum absolute atomic E-state index is 15.4. The lowest BCUT2D eigenvalue weighted by molar-refractivity contribution is -0.112. The monoisotopic (exact) mass is 577 g/mol. The summed E-state index contributed by atoms with van der Waals surface area (Å²) in [5.41, 5.74) is 3.10. The molecule has 2 aromatic carbocycles. The normalized spacial score (nSPS) is 19.1. The molecule has 2 amide bonds. The largest absolute Gasteiger partial charge is 0.444 e. The Morgan fingerprint density at radius 1 is 1.10 bits per heavy atom. The molecule has 1 saturated heterocycles. The van der Waals surface area contributed by atoms with E-state index in [4.69, 9.17) is 4.74 Å². The van der Waals surface area contributed by atoms with Crippen molar-refractivity contribution in [1.29, 1.82) is 0 Å². The van der Waals surface area contributed by atoms with E-state index in [0.29, 0.717) is 49.4 Å². The molecule has 9 nitrogen and oxygen atoms in total. The zero-order chi connectivity index (χ0) is 29.8. The van der Waals surface area contributed by atoms with E-state index in [2.05, 4.69) is 9.88 Å². The number of carbonyl (C=O) groups is 3. The zero-order valence-electron chi connectivity index (χ0n) is 23.8. The number of hydrogen-bond acceptors (Lipinski definition) is 6. The molecular formula is C31H33F2N5O4.